The fourth-order valence-corrected chi connectivity index (χ4v) is 3.72. The topological polar surface area (TPSA) is 84.9 Å². The van der Waals surface area contributed by atoms with E-state index < -0.39 is 12.1 Å². The maximum atomic E-state index is 12.0. The number of hydrogen-bond donors (Lipinski definition) is 3. The van der Waals surface area contributed by atoms with Gasteiger partial charge in [-0.05, 0) is 50.9 Å². The number of nitrogens with zero attached hydrogens (tertiary/aromatic N) is 2. The summed E-state index contributed by atoms with van der Waals surface area (Å²) in [4.78, 5) is 27.9. The fourth-order valence-electron chi connectivity index (χ4n) is 3.72. The number of piperidine rings is 1. The number of benzene rings is 1. The van der Waals surface area contributed by atoms with Gasteiger partial charge in [-0.1, -0.05) is 43.7 Å². The van der Waals surface area contributed by atoms with Crippen molar-refractivity contribution in [1.29, 1.82) is 0 Å². The summed E-state index contributed by atoms with van der Waals surface area (Å²) in [6, 6.07) is 9.36. The molecule has 0 aromatic heterocycles. The number of β-amino-alcohol motifs (C(OH)–C–C–N with tert-alkyl or cyclic N) is 1. The Kier molecular flexibility index (Phi) is 10.1. The van der Waals surface area contributed by atoms with E-state index in [1.807, 2.05) is 42.3 Å². The summed E-state index contributed by atoms with van der Waals surface area (Å²) in [6.07, 6.45) is 3.54. The maximum Gasteiger partial charge on any atom is 0.321 e. The molecule has 1 aliphatic heterocycles. The molecule has 1 unspecified atom stereocenters. The zero-order valence-corrected chi connectivity index (χ0v) is 17.8. The van der Waals surface area contributed by atoms with Gasteiger partial charge in [0.2, 0.25) is 5.91 Å². The molecule has 2 rings (SSSR count). The van der Waals surface area contributed by atoms with Crippen molar-refractivity contribution in [2.45, 2.75) is 38.7 Å². The molecule has 29 heavy (non-hydrogen) atoms. The molecule has 1 heterocycles. The van der Waals surface area contributed by atoms with E-state index in [4.69, 9.17) is 0 Å². The first kappa shape index (κ1) is 23.3. The maximum absolute atomic E-state index is 12.0. The van der Waals surface area contributed by atoms with E-state index in [2.05, 4.69) is 22.5 Å². The van der Waals surface area contributed by atoms with Gasteiger partial charge in [-0.15, -0.1) is 0 Å². The second-order valence-electron chi connectivity index (χ2n) is 8.02. The number of aliphatic hydroxyl groups excluding tert-OH is 1. The summed E-state index contributed by atoms with van der Waals surface area (Å²) in [6.45, 7) is 6.25. The Hall–Kier alpha value is -1.96. The van der Waals surface area contributed by atoms with Crippen LogP contribution in [0.5, 0.6) is 0 Å². The summed E-state index contributed by atoms with van der Waals surface area (Å²) >= 11 is 0. The molecule has 162 valence electrons. The third kappa shape index (κ3) is 8.94. The van der Waals surface area contributed by atoms with Crippen LogP contribution in [0.1, 0.15) is 44.3 Å². The first-order chi connectivity index (χ1) is 14.0. The number of unbranched alkanes of at least 4 members (excludes halogenated alkanes) is 1. The van der Waals surface area contributed by atoms with Gasteiger partial charge in [0.05, 0.1) is 12.6 Å². The molecule has 7 nitrogen and oxygen atoms in total. The van der Waals surface area contributed by atoms with Crippen molar-refractivity contribution < 1.29 is 14.7 Å². The standard InChI is InChI=1S/C22H36N4O3/c1-3-4-12-23-22(29)24-21(28)17-25(2)15-18-10-13-26(14-11-18)16-20(27)19-8-6-5-7-9-19/h5-9,18,20,27H,3-4,10-17H2,1-2H3,(H2,23,24,28,29). The van der Waals surface area contributed by atoms with Crippen molar-refractivity contribution in [2.24, 2.45) is 5.92 Å². The Morgan fingerprint density at radius 1 is 1.24 bits per heavy atom. The highest BCUT2D eigenvalue weighted by atomic mass is 16.3. The minimum Gasteiger partial charge on any atom is -0.387 e. The van der Waals surface area contributed by atoms with Gasteiger partial charge >= 0.3 is 6.03 Å². The Balaban J connectivity index is 1.63. The zero-order valence-electron chi connectivity index (χ0n) is 17.8. The monoisotopic (exact) mass is 404 g/mol. The second kappa shape index (κ2) is 12.6. The molecule has 0 radical (unpaired) electrons. The average Bonchev–Trinajstić information content (AvgIpc) is 2.70. The van der Waals surface area contributed by atoms with Gasteiger partial charge in [-0.2, -0.15) is 0 Å². The Morgan fingerprint density at radius 2 is 1.93 bits per heavy atom. The van der Waals surface area contributed by atoms with Crippen LogP contribution in [0.2, 0.25) is 0 Å². The van der Waals surface area contributed by atoms with E-state index in [9.17, 15) is 14.7 Å². The molecule has 3 N–H and O–H groups in total. The summed E-state index contributed by atoms with van der Waals surface area (Å²) in [5, 5.41) is 15.5. The number of imide groups is 1. The average molecular weight is 405 g/mol. The second-order valence-corrected chi connectivity index (χ2v) is 8.02. The predicted molar refractivity (Wildman–Crippen MR) is 115 cm³/mol. The number of carbonyl (C=O) groups is 2. The van der Waals surface area contributed by atoms with Gasteiger partial charge < -0.3 is 15.3 Å². The Bertz CT molecular complexity index is 618. The Morgan fingerprint density at radius 3 is 2.59 bits per heavy atom. The van der Waals surface area contributed by atoms with Crippen LogP contribution in [-0.2, 0) is 4.79 Å². The van der Waals surface area contributed by atoms with E-state index >= 15 is 0 Å². The molecule has 0 bridgehead atoms. The molecular formula is C22H36N4O3. The fraction of sp³-hybridized carbons (Fsp3) is 0.636. The third-order valence-corrected chi connectivity index (χ3v) is 5.37. The van der Waals surface area contributed by atoms with Gasteiger partial charge in [0, 0.05) is 19.6 Å². The van der Waals surface area contributed by atoms with Crippen LogP contribution >= 0.6 is 0 Å². The van der Waals surface area contributed by atoms with Crippen LogP contribution in [0.25, 0.3) is 0 Å². The lowest BCUT2D eigenvalue weighted by Crippen LogP contribution is -2.45. The minimum atomic E-state index is -0.456. The largest absolute Gasteiger partial charge is 0.387 e. The molecule has 7 heteroatoms. The molecule has 1 aromatic carbocycles. The van der Waals surface area contributed by atoms with Crippen molar-refractivity contribution in [2.75, 3.05) is 46.3 Å². The van der Waals surface area contributed by atoms with Crippen LogP contribution in [0, 0.1) is 5.92 Å². The number of likely N-dealkylation sites (N-methyl/N-ethyl adjacent to an activating group) is 1. The SMILES string of the molecule is CCCCNC(=O)NC(=O)CN(C)CC1CCN(CC(O)c2ccccc2)CC1. The molecule has 1 aromatic rings. The number of hydrogen-bond acceptors (Lipinski definition) is 5. The number of aliphatic hydroxyl groups is 1. The van der Waals surface area contributed by atoms with Crippen molar-refractivity contribution >= 4 is 11.9 Å². The van der Waals surface area contributed by atoms with Crippen molar-refractivity contribution in [3.8, 4) is 0 Å². The first-order valence-corrected chi connectivity index (χ1v) is 10.7. The zero-order chi connectivity index (χ0) is 21.1. The molecular weight excluding hydrogens is 368 g/mol. The number of rotatable bonds is 10. The molecule has 1 atom stereocenters. The van der Waals surface area contributed by atoms with Gasteiger partial charge in [0.1, 0.15) is 0 Å². The van der Waals surface area contributed by atoms with E-state index in [0.717, 1.165) is 50.9 Å². The van der Waals surface area contributed by atoms with Crippen LogP contribution < -0.4 is 10.6 Å². The smallest absolute Gasteiger partial charge is 0.321 e. The van der Waals surface area contributed by atoms with E-state index in [-0.39, 0.29) is 12.5 Å². The molecule has 0 aliphatic carbocycles. The minimum absolute atomic E-state index is 0.216. The van der Waals surface area contributed by atoms with E-state index in [1.165, 1.54) is 0 Å². The lowest BCUT2D eigenvalue weighted by atomic mass is 9.95. The predicted octanol–water partition coefficient (Wildman–Crippen LogP) is 1.99. The lowest BCUT2D eigenvalue weighted by Gasteiger charge is -2.34. The summed E-state index contributed by atoms with van der Waals surface area (Å²) < 4.78 is 0. The van der Waals surface area contributed by atoms with Gasteiger partial charge in [-0.3, -0.25) is 15.0 Å². The summed E-state index contributed by atoms with van der Waals surface area (Å²) in [5.74, 6) is 0.251. The molecule has 0 saturated carbocycles. The van der Waals surface area contributed by atoms with Crippen molar-refractivity contribution in [3.63, 3.8) is 0 Å². The highest BCUT2D eigenvalue weighted by molar-refractivity contribution is 5.95. The quantitative estimate of drug-likeness (QED) is 0.520. The molecule has 1 aliphatic rings. The van der Waals surface area contributed by atoms with Crippen molar-refractivity contribution in [3.05, 3.63) is 35.9 Å². The molecule has 3 amide bonds. The molecule has 1 fully saturated rings. The van der Waals surface area contributed by atoms with E-state index in [0.29, 0.717) is 19.0 Å². The van der Waals surface area contributed by atoms with Crippen LogP contribution in [-0.4, -0.2) is 73.2 Å². The van der Waals surface area contributed by atoms with E-state index in [1.54, 1.807) is 0 Å². The third-order valence-electron chi connectivity index (χ3n) is 5.37. The van der Waals surface area contributed by atoms with Crippen LogP contribution in [0.4, 0.5) is 4.79 Å². The van der Waals surface area contributed by atoms with Crippen LogP contribution in [0.3, 0.4) is 0 Å². The van der Waals surface area contributed by atoms with Gasteiger partial charge in [0.15, 0.2) is 0 Å². The number of likely N-dealkylation sites (tertiary alicyclic amines) is 1. The van der Waals surface area contributed by atoms with Crippen LogP contribution in [0.15, 0.2) is 30.3 Å². The lowest BCUT2D eigenvalue weighted by molar-refractivity contribution is -0.121. The number of nitrogens with one attached hydrogen (secondary N) is 2. The van der Waals surface area contributed by atoms with Crippen molar-refractivity contribution in [1.82, 2.24) is 20.4 Å². The normalized spacial score (nSPS) is 16.6. The number of carbonyl (C=O) groups excluding carboxylic acids is 2. The molecule has 1 saturated heterocycles. The Labute approximate surface area is 174 Å². The highest BCUT2D eigenvalue weighted by Gasteiger charge is 2.23. The summed E-state index contributed by atoms with van der Waals surface area (Å²) in [7, 11) is 1.92. The number of amides is 3. The molecule has 0 spiro atoms. The highest BCUT2D eigenvalue weighted by Crippen LogP contribution is 2.21. The van der Waals surface area contributed by atoms with Gasteiger partial charge in [0.25, 0.3) is 0 Å². The number of urea groups is 1. The first-order valence-electron chi connectivity index (χ1n) is 10.7. The summed E-state index contributed by atoms with van der Waals surface area (Å²) in [5.41, 5.74) is 0.958. The van der Waals surface area contributed by atoms with Gasteiger partial charge in [-0.25, -0.2) is 4.79 Å².